The summed E-state index contributed by atoms with van der Waals surface area (Å²) >= 11 is 0. The van der Waals surface area contributed by atoms with E-state index in [1.165, 1.54) is 14.2 Å². The van der Waals surface area contributed by atoms with Crippen molar-refractivity contribution in [1.29, 1.82) is 0 Å². The van der Waals surface area contributed by atoms with E-state index in [0.717, 1.165) is 4.31 Å². The van der Waals surface area contributed by atoms with Gasteiger partial charge in [0.25, 0.3) is 10.2 Å². The highest BCUT2D eigenvalue weighted by Crippen LogP contribution is 1.86. The van der Waals surface area contributed by atoms with Gasteiger partial charge in [-0.1, -0.05) is 0 Å². The van der Waals surface area contributed by atoms with E-state index < -0.39 is 10.2 Å². The molecule has 0 aliphatic heterocycles. The molecule has 0 aromatic rings. The summed E-state index contributed by atoms with van der Waals surface area (Å²) in [5.74, 6) is 0. The molecule has 0 amide bonds. The van der Waals surface area contributed by atoms with E-state index in [4.69, 9.17) is 5.14 Å². The number of likely N-dealkylation sites (N-methyl/N-ethyl adjacent to an activating group) is 1. The van der Waals surface area contributed by atoms with E-state index in [9.17, 15) is 8.42 Å². The number of rotatable bonds is 4. The number of nitrogens with zero attached hydrogens (tertiary/aromatic N) is 1. The lowest BCUT2D eigenvalue weighted by molar-refractivity contribution is 0.185. The van der Waals surface area contributed by atoms with Gasteiger partial charge in [0.05, 0.1) is 6.61 Å². The minimum Gasteiger partial charge on any atom is -0.383 e. The molecular formula is C4H12N2O3S. The second-order valence-electron chi connectivity index (χ2n) is 1.86. The SMILES string of the molecule is COCCN(C)S(N)(=O)=O. The molecule has 6 heteroatoms. The lowest BCUT2D eigenvalue weighted by Crippen LogP contribution is -2.35. The monoisotopic (exact) mass is 168 g/mol. The second kappa shape index (κ2) is 3.87. The number of nitrogens with two attached hydrogens (primary N) is 1. The first-order valence-electron chi connectivity index (χ1n) is 2.71. The van der Waals surface area contributed by atoms with Gasteiger partial charge in [0, 0.05) is 20.7 Å². The Balaban J connectivity index is 3.75. The van der Waals surface area contributed by atoms with E-state index in [2.05, 4.69) is 4.74 Å². The summed E-state index contributed by atoms with van der Waals surface area (Å²) < 4.78 is 26.6. The van der Waals surface area contributed by atoms with Gasteiger partial charge in [0.1, 0.15) is 0 Å². The van der Waals surface area contributed by atoms with Crippen LogP contribution in [0.1, 0.15) is 0 Å². The third-order valence-corrected chi connectivity index (χ3v) is 2.10. The van der Waals surface area contributed by atoms with Gasteiger partial charge in [0.15, 0.2) is 0 Å². The lowest BCUT2D eigenvalue weighted by atomic mass is 10.7. The first kappa shape index (κ1) is 9.83. The van der Waals surface area contributed by atoms with Crippen LogP contribution in [-0.2, 0) is 14.9 Å². The van der Waals surface area contributed by atoms with Crippen LogP contribution >= 0.6 is 0 Å². The molecule has 0 heterocycles. The summed E-state index contributed by atoms with van der Waals surface area (Å²) in [5.41, 5.74) is 0. The van der Waals surface area contributed by atoms with Crippen LogP contribution in [-0.4, -0.2) is 40.0 Å². The second-order valence-corrected chi connectivity index (χ2v) is 3.51. The summed E-state index contributed by atoms with van der Waals surface area (Å²) in [6.07, 6.45) is 0. The Kier molecular flexibility index (Phi) is 3.80. The predicted octanol–water partition coefficient (Wildman–Crippen LogP) is -1.23. The molecule has 0 aliphatic rings. The Hall–Kier alpha value is -0.170. The maximum absolute atomic E-state index is 10.5. The maximum atomic E-state index is 10.5. The highest BCUT2D eigenvalue weighted by Gasteiger charge is 2.09. The molecule has 0 aromatic carbocycles. The molecule has 0 aromatic heterocycles. The summed E-state index contributed by atoms with van der Waals surface area (Å²) in [4.78, 5) is 0. The molecule has 0 radical (unpaired) electrons. The van der Waals surface area contributed by atoms with Crippen molar-refractivity contribution in [3.05, 3.63) is 0 Å². The smallest absolute Gasteiger partial charge is 0.276 e. The average Bonchev–Trinajstić information content (AvgIpc) is 1.80. The summed E-state index contributed by atoms with van der Waals surface area (Å²) in [5, 5.41) is 4.76. The Morgan fingerprint density at radius 1 is 1.60 bits per heavy atom. The van der Waals surface area contributed by atoms with E-state index in [1.54, 1.807) is 0 Å². The van der Waals surface area contributed by atoms with Crippen LogP contribution in [0.2, 0.25) is 0 Å². The fraction of sp³-hybridized carbons (Fsp3) is 1.00. The molecule has 0 spiro atoms. The van der Waals surface area contributed by atoms with Crippen LogP contribution in [0.25, 0.3) is 0 Å². The van der Waals surface area contributed by atoms with Crippen LogP contribution in [0.15, 0.2) is 0 Å². The molecule has 2 N–H and O–H groups in total. The van der Waals surface area contributed by atoms with Gasteiger partial charge >= 0.3 is 0 Å². The molecule has 0 bridgehead atoms. The zero-order valence-electron chi connectivity index (χ0n) is 6.07. The van der Waals surface area contributed by atoms with Crippen LogP contribution in [0, 0.1) is 0 Å². The third kappa shape index (κ3) is 3.78. The molecular weight excluding hydrogens is 156 g/mol. The molecule has 0 unspecified atom stereocenters. The molecule has 62 valence electrons. The zero-order chi connectivity index (χ0) is 8.20. The summed E-state index contributed by atoms with van der Waals surface area (Å²) in [6, 6.07) is 0. The van der Waals surface area contributed by atoms with Crippen molar-refractivity contribution < 1.29 is 13.2 Å². The number of hydrogen-bond donors (Lipinski definition) is 1. The van der Waals surface area contributed by atoms with Gasteiger partial charge in [0.2, 0.25) is 0 Å². The maximum Gasteiger partial charge on any atom is 0.276 e. The van der Waals surface area contributed by atoms with E-state index >= 15 is 0 Å². The fourth-order valence-electron chi connectivity index (χ4n) is 0.347. The molecule has 10 heavy (non-hydrogen) atoms. The van der Waals surface area contributed by atoms with E-state index in [-0.39, 0.29) is 6.54 Å². The quantitative estimate of drug-likeness (QED) is 0.571. The summed E-state index contributed by atoms with van der Waals surface area (Å²) in [7, 11) is -0.628. The number of ether oxygens (including phenoxy) is 1. The molecule has 0 saturated heterocycles. The van der Waals surface area contributed by atoms with Crippen molar-refractivity contribution in [2.24, 2.45) is 5.14 Å². The molecule has 0 saturated carbocycles. The van der Waals surface area contributed by atoms with E-state index in [1.807, 2.05) is 0 Å². The first-order valence-corrected chi connectivity index (χ1v) is 4.22. The van der Waals surface area contributed by atoms with Gasteiger partial charge in [-0.2, -0.15) is 12.7 Å². The Labute approximate surface area is 60.9 Å². The topological polar surface area (TPSA) is 72.6 Å². The fourth-order valence-corrected chi connectivity index (χ4v) is 0.676. The van der Waals surface area contributed by atoms with Crippen LogP contribution in [0.4, 0.5) is 0 Å². The largest absolute Gasteiger partial charge is 0.383 e. The van der Waals surface area contributed by atoms with Crippen molar-refractivity contribution in [2.45, 2.75) is 0 Å². The van der Waals surface area contributed by atoms with Gasteiger partial charge in [-0.3, -0.25) is 0 Å². The van der Waals surface area contributed by atoms with Crippen molar-refractivity contribution >= 4 is 10.2 Å². The minimum absolute atomic E-state index is 0.287. The Morgan fingerprint density at radius 2 is 2.10 bits per heavy atom. The highest BCUT2D eigenvalue weighted by atomic mass is 32.2. The van der Waals surface area contributed by atoms with Crippen molar-refractivity contribution in [2.75, 3.05) is 27.3 Å². The van der Waals surface area contributed by atoms with Gasteiger partial charge in [-0.25, -0.2) is 5.14 Å². The molecule has 0 fully saturated rings. The Morgan fingerprint density at radius 3 is 2.40 bits per heavy atom. The third-order valence-electron chi connectivity index (χ3n) is 1.04. The summed E-state index contributed by atoms with van der Waals surface area (Å²) in [6.45, 7) is 0.641. The zero-order valence-corrected chi connectivity index (χ0v) is 6.89. The van der Waals surface area contributed by atoms with Crippen molar-refractivity contribution in [3.8, 4) is 0 Å². The number of methoxy groups -OCH3 is 1. The van der Waals surface area contributed by atoms with Gasteiger partial charge in [-0.15, -0.1) is 0 Å². The predicted molar refractivity (Wildman–Crippen MR) is 37.6 cm³/mol. The van der Waals surface area contributed by atoms with Gasteiger partial charge < -0.3 is 4.74 Å². The number of hydrogen-bond acceptors (Lipinski definition) is 3. The lowest BCUT2D eigenvalue weighted by Gasteiger charge is -2.11. The normalized spacial score (nSPS) is 12.4. The molecule has 0 rings (SSSR count). The first-order chi connectivity index (χ1) is 4.48. The van der Waals surface area contributed by atoms with Gasteiger partial charge in [-0.05, 0) is 0 Å². The molecule has 5 nitrogen and oxygen atoms in total. The van der Waals surface area contributed by atoms with Crippen LogP contribution in [0.5, 0.6) is 0 Å². The molecule has 0 atom stereocenters. The standard InChI is InChI=1S/C4H12N2O3S/c1-6(3-4-9-2)10(5,7)8/h3-4H2,1-2H3,(H2,5,7,8). The van der Waals surface area contributed by atoms with Crippen LogP contribution < -0.4 is 5.14 Å². The molecule has 0 aliphatic carbocycles. The highest BCUT2D eigenvalue weighted by molar-refractivity contribution is 7.86. The minimum atomic E-state index is -3.52. The van der Waals surface area contributed by atoms with Crippen molar-refractivity contribution in [3.63, 3.8) is 0 Å². The van der Waals surface area contributed by atoms with E-state index in [0.29, 0.717) is 6.61 Å². The average molecular weight is 168 g/mol. The van der Waals surface area contributed by atoms with Crippen LogP contribution in [0.3, 0.4) is 0 Å². The Bertz CT molecular complexity index is 177. The van der Waals surface area contributed by atoms with Crippen molar-refractivity contribution in [1.82, 2.24) is 4.31 Å².